The zero-order chi connectivity index (χ0) is 11.2. The summed E-state index contributed by atoms with van der Waals surface area (Å²) in [7, 11) is 0. The van der Waals surface area contributed by atoms with E-state index in [2.05, 4.69) is 6.07 Å². The standard InChI is InChI=1S/C14H12FO/c15-13-8-6-12(7-9-13)10-11-16-14-4-2-1-3-5-14/h1-4,6-9H,10-11H2. The van der Waals surface area contributed by atoms with Crippen LogP contribution in [0.2, 0.25) is 0 Å². The Bertz CT molecular complexity index is 422. The number of benzene rings is 2. The summed E-state index contributed by atoms with van der Waals surface area (Å²) in [4.78, 5) is 0. The lowest BCUT2D eigenvalue weighted by Gasteiger charge is -2.05. The molecule has 0 aliphatic carbocycles. The largest absolute Gasteiger partial charge is 0.493 e. The molecule has 0 N–H and O–H groups in total. The van der Waals surface area contributed by atoms with Crippen LogP contribution in [-0.4, -0.2) is 6.61 Å². The van der Waals surface area contributed by atoms with Gasteiger partial charge in [0.25, 0.3) is 0 Å². The number of hydrogen-bond acceptors (Lipinski definition) is 1. The van der Waals surface area contributed by atoms with Crippen LogP contribution in [0.25, 0.3) is 0 Å². The molecule has 0 aliphatic rings. The summed E-state index contributed by atoms with van der Waals surface area (Å²) in [6.45, 7) is 0.576. The van der Waals surface area contributed by atoms with Crippen LogP contribution in [-0.2, 0) is 6.42 Å². The molecule has 81 valence electrons. The van der Waals surface area contributed by atoms with E-state index in [4.69, 9.17) is 4.74 Å². The number of para-hydroxylation sites is 1. The summed E-state index contributed by atoms with van der Waals surface area (Å²) in [6, 6.07) is 16.9. The van der Waals surface area contributed by atoms with Gasteiger partial charge in [-0.25, -0.2) is 4.39 Å². The van der Waals surface area contributed by atoms with Crippen molar-refractivity contribution < 1.29 is 9.13 Å². The Balaban J connectivity index is 1.82. The van der Waals surface area contributed by atoms with Crippen LogP contribution in [0.15, 0.2) is 48.5 Å². The SMILES string of the molecule is Fc1ccc(CCOc2[c]cccc2)cc1. The van der Waals surface area contributed by atoms with Gasteiger partial charge in [-0.05, 0) is 23.8 Å². The summed E-state index contributed by atoms with van der Waals surface area (Å²) >= 11 is 0. The van der Waals surface area contributed by atoms with Crippen molar-refractivity contribution in [2.45, 2.75) is 6.42 Å². The number of hydrogen-bond donors (Lipinski definition) is 0. The van der Waals surface area contributed by atoms with E-state index in [0.29, 0.717) is 6.61 Å². The lowest BCUT2D eigenvalue weighted by atomic mass is 10.2. The molecule has 0 aliphatic heterocycles. The maximum Gasteiger partial charge on any atom is 0.127 e. The molecule has 0 spiro atoms. The average Bonchev–Trinajstić information content (AvgIpc) is 2.33. The fraction of sp³-hybridized carbons (Fsp3) is 0.143. The van der Waals surface area contributed by atoms with Crippen molar-refractivity contribution >= 4 is 0 Å². The molecule has 0 unspecified atom stereocenters. The van der Waals surface area contributed by atoms with Gasteiger partial charge in [0.15, 0.2) is 0 Å². The summed E-state index contributed by atoms with van der Waals surface area (Å²) < 4.78 is 18.1. The average molecular weight is 215 g/mol. The second kappa shape index (κ2) is 5.31. The van der Waals surface area contributed by atoms with Gasteiger partial charge in [0.1, 0.15) is 11.6 Å². The molecule has 0 bridgehead atoms. The van der Waals surface area contributed by atoms with Crippen molar-refractivity contribution in [3.8, 4) is 5.75 Å². The molecule has 1 nitrogen and oxygen atoms in total. The van der Waals surface area contributed by atoms with Crippen LogP contribution in [0, 0.1) is 11.9 Å². The first-order chi connectivity index (χ1) is 7.84. The molecule has 16 heavy (non-hydrogen) atoms. The van der Waals surface area contributed by atoms with Gasteiger partial charge in [0.2, 0.25) is 0 Å². The van der Waals surface area contributed by atoms with Crippen molar-refractivity contribution in [1.29, 1.82) is 0 Å². The smallest absolute Gasteiger partial charge is 0.127 e. The fourth-order valence-electron chi connectivity index (χ4n) is 1.40. The van der Waals surface area contributed by atoms with Crippen LogP contribution < -0.4 is 4.74 Å². The van der Waals surface area contributed by atoms with Crippen molar-refractivity contribution in [3.63, 3.8) is 0 Å². The monoisotopic (exact) mass is 215 g/mol. The van der Waals surface area contributed by atoms with Crippen LogP contribution in [0.5, 0.6) is 5.75 Å². The van der Waals surface area contributed by atoms with E-state index in [1.807, 2.05) is 24.3 Å². The summed E-state index contributed by atoms with van der Waals surface area (Å²) in [5, 5.41) is 0. The molecule has 0 fully saturated rings. The van der Waals surface area contributed by atoms with Crippen molar-refractivity contribution in [3.05, 3.63) is 66.0 Å². The van der Waals surface area contributed by atoms with Gasteiger partial charge in [-0.3, -0.25) is 0 Å². The highest BCUT2D eigenvalue weighted by Crippen LogP contribution is 2.09. The lowest BCUT2D eigenvalue weighted by molar-refractivity contribution is 0.321. The van der Waals surface area contributed by atoms with Crippen LogP contribution >= 0.6 is 0 Å². The highest BCUT2D eigenvalue weighted by atomic mass is 19.1. The van der Waals surface area contributed by atoms with E-state index in [0.717, 1.165) is 17.7 Å². The number of halogens is 1. The zero-order valence-corrected chi connectivity index (χ0v) is 8.82. The maximum absolute atomic E-state index is 12.6. The van der Waals surface area contributed by atoms with Gasteiger partial charge < -0.3 is 4.74 Å². The van der Waals surface area contributed by atoms with Crippen molar-refractivity contribution in [2.24, 2.45) is 0 Å². The Morgan fingerprint density at radius 1 is 1.06 bits per heavy atom. The van der Waals surface area contributed by atoms with Crippen LogP contribution in [0.4, 0.5) is 4.39 Å². The Morgan fingerprint density at radius 2 is 1.88 bits per heavy atom. The van der Waals surface area contributed by atoms with Crippen molar-refractivity contribution in [1.82, 2.24) is 0 Å². The normalized spacial score (nSPS) is 10.1. The number of rotatable bonds is 4. The highest BCUT2D eigenvalue weighted by Gasteiger charge is 1.95. The quantitative estimate of drug-likeness (QED) is 0.760. The molecular formula is C14H12FO. The molecule has 2 aromatic carbocycles. The summed E-state index contributed by atoms with van der Waals surface area (Å²) in [5.41, 5.74) is 1.07. The molecule has 0 atom stereocenters. The minimum atomic E-state index is -0.207. The topological polar surface area (TPSA) is 9.23 Å². The Kier molecular flexibility index (Phi) is 3.54. The van der Waals surface area contributed by atoms with Gasteiger partial charge in [0, 0.05) is 12.5 Å². The van der Waals surface area contributed by atoms with E-state index < -0.39 is 0 Å². The predicted octanol–water partition coefficient (Wildman–Crippen LogP) is 3.25. The molecule has 0 saturated carbocycles. The highest BCUT2D eigenvalue weighted by molar-refractivity contribution is 5.20. The molecular weight excluding hydrogens is 203 g/mol. The maximum atomic E-state index is 12.6. The third-order valence-electron chi connectivity index (χ3n) is 2.24. The first-order valence-electron chi connectivity index (χ1n) is 5.18. The third-order valence-corrected chi connectivity index (χ3v) is 2.24. The number of ether oxygens (including phenoxy) is 1. The second-order valence-corrected chi connectivity index (χ2v) is 3.45. The molecule has 1 radical (unpaired) electrons. The van der Waals surface area contributed by atoms with Gasteiger partial charge in [-0.15, -0.1) is 0 Å². The van der Waals surface area contributed by atoms with Crippen LogP contribution in [0.1, 0.15) is 5.56 Å². The molecule has 2 rings (SSSR count). The molecule has 0 heterocycles. The Labute approximate surface area is 94.5 Å². The first kappa shape index (κ1) is 10.7. The van der Waals surface area contributed by atoms with E-state index in [-0.39, 0.29) is 5.82 Å². The summed E-state index contributed by atoms with van der Waals surface area (Å²) in [6.07, 6.45) is 0.767. The lowest BCUT2D eigenvalue weighted by Crippen LogP contribution is -2.01. The van der Waals surface area contributed by atoms with Gasteiger partial charge >= 0.3 is 0 Å². The van der Waals surface area contributed by atoms with E-state index in [1.54, 1.807) is 12.1 Å². The third kappa shape index (κ3) is 3.09. The molecule has 2 heteroatoms. The molecule has 0 saturated heterocycles. The van der Waals surface area contributed by atoms with Gasteiger partial charge in [0.05, 0.1) is 6.61 Å². The van der Waals surface area contributed by atoms with Crippen molar-refractivity contribution in [2.75, 3.05) is 6.61 Å². The van der Waals surface area contributed by atoms with E-state index in [9.17, 15) is 4.39 Å². The second-order valence-electron chi connectivity index (χ2n) is 3.45. The Hall–Kier alpha value is -1.83. The van der Waals surface area contributed by atoms with Crippen LogP contribution in [0.3, 0.4) is 0 Å². The minimum absolute atomic E-state index is 0.207. The zero-order valence-electron chi connectivity index (χ0n) is 8.82. The van der Waals surface area contributed by atoms with Gasteiger partial charge in [-0.2, -0.15) is 0 Å². The minimum Gasteiger partial charge on any atom is -0.493 e. The van der Waals surface area contributed by atoms with Gasteiger partial charge in [-0.1, -0.05) is 30.3 Å². The predicted molar refractivity (Wildman–Crippen MR) is 60.9 cm³/mol. The molecule has 2 aromatic rings. The Morgan fingerprint density at radius 3 is 2.56 bits per heavy atom. The first-order valence-corrected chi connectivity index (χ1v) is 5.18. The van der Waals surface area contributed by atoms with E-state index in [1.165, 1.54) is 12.1 Å². The van der Waals surface area contributed by atoms with E-state index >= 15 is 0 Å². The molecule has 0 aromatic heterocycles. The fourth-order valence-corrected chi connectivity index (χ4v) is 1.40. The molecule has 0 amide bonds. The summed E-state index contributed by atoms with van der Waals surface area (Å²) in [5.74, 6) is 0.533.